The van der Waals surface area contributed by atoms with Gasteiger partial charge in [0.25, 0.3) is 5.88 Å². The number of nitrogens with zero attached hydrogens (tertiary/aromatic N) is 4. The van der Waals surface area contributed by atoms with Gasteiger partial charge in [0, 0.05) is 0 Å². The number of anilines is 1. The SMILES string of the molecule is O=C(O)CC(Nc1ncnc2c1ncn2-c1oc(COP(=O)(O)O)c(O)c1O)C(=O)O. The molecule has 0 bridgehead atoms. The summed E-state index contributed by atoms with van der Waals surface area (Å²) in [7, 11) is -4.89. The van der Waals surface area contributed by atoms with Crippen molar-refractivity contribution in [3.63, 3.8) is 0 Å². The molecule has 0 spiro atoms. The molecular weight excluding hydrogens is 445 g/mol. The highest BCUT2D eigenvalue weighted by atomic mass is 31.2. The Kier molecular flexibility index (Phi) is 5.81. The molecule has 0 aromatic carbocycles. The molecule has 17 heteroatoms. The number of nitrogens with one attached hydrogen (secondary N) is 1. The van der Waals surface area contributed by atoms with Crippen LogP contribution in [0.4, 0.5) is 5.82 Å². The molecule has 0 saturated carbocycles. The second-order valence-electron chi connectivity index (χ2n) is 5.93. The van der Waals surface area contributed by atoms with Crippen LogP contribution in [0.5, 0.6) is 11.5 Å². The van der Waals surface area contributed by atoms with Crippen LogP contribution in [0.2, 0.25) is 0 Å². The van der Waals surface area contributed by atoms with Gasteiger partial charge in [-0.1, -0.05) is 0 Å². The lowest BCUT2D eigenvalue weighted by atomic mass is 10.2. The summed E-state index contributed by atoms with van der Waals surface area (Å²) in [6.07, 6.45) is 1.32. The van der Waals surface area contributed by atoms with Crippen LogP contribution in [-0.2, 0) is 25.3 Å². The van der Waals surface area contributed by atoms with Gasteiger partial charge in [-0.15, -0.1) is 0 Å². The first-order chi connectivity index (χ1) is 14.5. The minimum Gasteiger partial charge on any atom is -0.502 e. The number of carboxylic acids is 2. The summed E-state index contributed by atoms with van der Waals surface area (Å²) >= 11 is 0. The van der Waals surface area contributed by atoms with Crippen LogP contribution in [0.1, 0.15) is 12.2 Å². The number of fused-ring (bicyclic) bond motifs is 1. The van der Waals surface area contributed by atoms with Crippen molar-refractivity contribution in [2.45, 2.75) is 19.1 Å². The number of furan rings is 1. The Morgan fingerprint density at radius 2 is 1.90 bits per heavy atom. The van der Waals surface area contributed by atoms with Gasteiger partial charge in [0.15, 0.2) is 22.7 Å². The van der Waals surface area contributed by atoms with Crippen LogP contribution in [0.25, 0.3) is 17.0 Å². The third kappa shape index (κ3) is 4.72. The van der Waals surface area contributed by atoms with Crippen molar-refractivity contribution in [3.05, 3.63) is 18.4 Å². The zero-order valence-electron chi connectivity index (χ0n) is 15.1. The number of hydrogen-bond donors (Lipinski definition) is 7. The van der Waals surface area contributed by atoms with E-state index in [1.54, 1.807) is 0 Å². The Bertz CT molecular complexity index is 1200. The van der Waals surface area contributed by atoms with Crippen molar-refractivity contribution in [1.29, 1.82) is 0 Å². The lowest BCUT2D eigenvalue weighted by Gasteiger charge is -2.12. The minimum atomic E-state index is -4.89. The van der Waals surface area contributed by atoms with Gasteiger partial charge in [-0.25, -0.2) is 28.9 Å². The number of carboxylic acid groups (broad SMARTS) is 2. The third-order valence-corrected chi connectivity index (χ3v) is 4.28. The van der Waals surface area contributed by atoms with E-state index >= 15 is 0 Å². The molecule has 31 heavy (non-hydrogen) atoms. The van der Waals surface area contributed by atoms with E-state index in [9.17, 15) is 29.5 Å². The monoisotopic (exact) mass is 459 g/mol. The summed E-state index contributed by atoms with van der Waals surface area (Å²) in [4.78, 5) is 51.4. The number of rotatable bonds is 9. The average Bonchev–Trinajstić information content (AvgIpc) is 3.21. The van der Waals surface area contributed by atoms with Gasteiger partial charge < -0.3 is 39.9 Å². The molecule has 166 valence electrons. The topological polar surface area (TPSA) is 251 Å². The van der Waals surface area contributed by atoms with E-state index in [0.29, 0.717) is 0 Å². The first kappa shape index (κ1) is 22.0. The molecule has 3 rings (SSSR count). The number of phosphoric ester groups is 1. The molecule has 0 aliphatic carbocycles. The molecule has 0 saturated heterocycles. The molecule has 0 aliphatic heterocycles. The molecule has 0 amide bonds. The van der Waals surface area contributed by atoms with Gasteiger partial charge >= 0.3 is 19.8 Å². The number of aliphatic carboxylic acids is 2. The lowest BCUT2D eigenvalue weighted by Crippen LogP contribution is -2.32. The van der Waals surface area contributed by atoms with Gasteiger partial charge in [-0.3, -0.25) is 9.32 Å². The summed E-state index contributed by atoms with van der Waals surface area (Å²) in [6.45, 7) is -0.867. The largest absolute Gasteiger partial charge is 0.502 e. The highest BCUT2D eigenvalue weighted by Gasteiger charge is 2.27. The second-order valence-corrected chi connectivity index (χ2v) is 7.17. The van der Waals surface area contributed by atoms with Crippen LogP contribution in [0, 0.1) is 0 Å². The molecule has 0 radical (unpaired) electrons. The van der Waals surface area contributed by atoms with Crippen molar-refractivity contribution in [1.82, 2.24) is 19.5 Å². The van der Waals surface area contributed by atoms with Crippen LogP contribution in [0.15, 0.2) is 17.1 Å². The van der Waals surface area contributed by atoms with Crippen molar-refractivity contribution < 1.29 is 53.3 Å². The third-order valence-electron chi connectivity index (χ3n) is 3.81. The van der Waals surface area contributed by atoms with Gasteiger partial charge in [-0.05, 0) is 0 Å². The fourth-order valence-electron chi connectivity index (χ4n) is 2.48. The summed E-state index contributed by atoms with van der Waals surface area (Å²) < 4.78 is 21.3. The number of aromatic hydroxyl groups is 2. The smallest absolute Gasteiger partial charge is 0.470 e. The van der Waals surface area contributed by atoms with Gasteiger partial charge in [0.1, 0.15) is 25.3 Å². The first-order valence-electron chi connectivity index (χ1n) is 8.11. The van der Waals surface area contributed by atoms with E-state index in [1.807, 2.05) is 0 Å². The second kappa shape index (κ2) is 8.19. The standard InChI is InChI=1S/C14H14N5O11P/c20-7(21)1-5(14(24)25)18-11-8-12(16-3-15-11)19(4-17-8)13-10(23)9(22)6(30-13)2-29-31(26,27)28/h3-5,22-23H,1-2H2,(H,20,21)(H,24,25)(H,15,16,18)(H2,26,27,28). The van der Waals surface area contributed by atoms with E-state index in [2.05, 4.69) is 24.8 Å². The van der Waals surface area contributed by atoms with Gasteiger partial charge in [-0.2, -0.15) is 0 Å². The molecule has 1 unspecified atom stereocenters. The van der Waals surface area contributed by atoms with E-state index in [1.165, 1.54) is 0 Å². The van der Waals surface area contributed by atoms with Gasteiger partial charge in [0.05, 0.1) is 6.42 Å². The van der Waals surface area contributed by atoms with E-state index in [-0.39, 0.29) is 17.0 Å². The normalized spacial score (nSPS) is 12.7. The van der Waals surface area contributed by atoms with Crippen LogP contribution in [-0.4, -0.2) is 67.7 Å². The van der Waals surface area contributed by atoms with Gasteiger partial charge in [0.2, 0.25) is 11.5 Å². The van der Waals surface area contributed by atoms with Crippen molar-refractivity contribution in [2.75, 3.05) is 5.32 Å². The van der Waals surface area contributed by atoms with E-state index in [0.717, 1.165) is 17.2 Å². The maximum Gasteiger partial charge on any atom is 0.470 e. The van der Waals surface area contributed by atoms with E-state index in [4.69, 9.17) is 19.3 Å². The molecule has 0 aliphatic rings. The van der Waals surface area contributed by atoms with E-state index < -0.39 is 62.0 Å². The molecule has 3 aromatic rings. The first-order valence-corrected chi connectivity index (χ1v) is 9.64. The quantitative estimate of drug-likeness (QED) is 0.204. The Hall–Kier alpha value is -3.72. The Morgan fingerprint density at radius 3 is 2.52 bits per heavy atom. The Balaban J connectivity index is 1.99. The molecule has 1 atom stereocenters. The van der Waals surface area contributed by atoms with Crippen LogP contribution >= 0.6 is 7.82 Å². The average molecular weight is 459 g/mol. The lowest BCUT2D eigenvalue weighted by molar-refractivity contribution is -0.144. The van der Waals surface area contributed by atoms with Crippen LogP contribution < -0.4 is 5.32 Å². The molecule has 0 fully saturated rings. The summed E-state index contributed by atoms with van der Waals surface area (Å²) in [5.41, 5.74) is -0.0640. The van der Waals surface area contributed by atoms with Crippen molar-refractivity contribution in [2.24, 2.45) is 0 Å². The Labute approximate surface area is 170 Å². The number of aromatic nitrogens is 4. The predicted molar refractivity (Wildman–Crippen MR) is 96.4 cm³/mol. The summed E-state index contributed by atoms with van der Waals surface area (Å²) in [5.74, 6) is -5.53. The number of carbonyl (C=O) groups is 2. The minimum absolute atomic E-state index is 0.0255. The zero-order valence-corrected chi connectivity index (χ0v) is 16.0. The molecule has 16 nitrogen and oxygen atoms in total. The molecule has 7 N–H and O–H groups in total. The molecule has 3 aromatic heterocycles. The fourth-order valence-corrected chi connectivity index (χ4v) is 2.76. The number of imidazole rings is 1. The molecular formula is C14H14N5O11P. The highest BCUT2D eigenvalue weighted by Crippen LogP contribution is 2.43. The van der Waals surface area contributed by atoms with Crippen molar-refractivity contribution >= 4 is 36.7 Å². The number of phosphoric acid groups is 1. The van der Waals surface area contributed by atoms with Crippen molar-refractivity contribution in [3.8, 4) is 17.4 Å². The molecule has 3 heterocycles. The summed E-state index contributed by atoms with van der Waals surface area (Å²) in [6, 6.07) is -1.53. The maximum atomic E-state index is 11.3. The zero-order chi connectivity index (χ0) is 22.9. The maximum absolute atomic E-state index is 11.3. The summed E-state index contributed by atoms with van der Waals surface area (Å²) in [5, 5.41) is 40.5. The fraction of sp³-hybridized carbons (Fsp3) is 0.214. The highest BCUT2D eigenvalue weighted by molar-refractivity contribution is 7.46. The number of hydrogen-bond acceptors (Lipinski definition) is 11. The Morgan fingerprint density at radius 1 is 1.19 bits per heavy atom. The predicted octanol–water partition coefficient (Wildman–Crippen LogP) is -0.231. The van der Waals surface area contributed by atoms with Crippen LogP contribution in [0.3, 0.4) is 0 Å².